The quantitative estimate of drug-likeness (QED) is 0.693. The van der Waals surface area contributed by atoms with Crippen LogP contribution in [0.25, 0.3) is 0 Å². The maximum atomic E-state index is 10.2. The molecule has 0 aliphatic rings. The van der Waals surface area contributed by atoms with E-state index in [1.165, 1.54) is 0 Å². The Hall–Kier alpha value is 1.85. The van der Waals surface area contributed by atoms with E-state index in [0.717, 1.165) is 0 Å². The van der Waals surface area contributed by atoms with Crippen LogP contribution in [0.2, 0.25) is 0 Å². The van der Waals surface area contributed by atoms with Gasteiger partial charge in [-0.1, -0.05) is 60.7 Å². The average Bonchev–Trinajstić information content (AvgIpc) is 2.31. The van der Waals surface area contributed by atoms with Gasteiger partial charge >= 0.3 is 111 Å². The van der Waals surface area contributed by atoms with Crippen molar-refractivity contribution in [2.75, 3.05) is 0 Å². The first kappa shape index (κ1) is 18.8. The van der Waals surface area contributed by atoms with Crippen LogP contribution in [0, 0.1) is 0 Å². The molecule has 0 aliphatic heterocycles. The van der Waals surface area contributed by atoms with Gasteiger partial charge in [-0.2, -0.15) is 0 Å². The summed E-state index contributed by atoms with van der Waals surface area (Å²) in [6.07, 6.45) is 0. The topological polar surface area (TPSA) is 40.5 Å². The van der Waals surface area contributed by atoms with Crippen molar-refractivity contribution in [3.63, 3.8) is 0 Å². The van der Waals surface area contributed by atoms with Crippen molar-refractivity contribution in [1.29, 1.82) is 0 Å². The Balaban J connectivity index is 0.00000128. The first-order valence-electron chi connectivity index (χ1n) is 4.77. The van der Waals surface area contributed by atoms with Crippen LogP contribution in [-0.2, 0) is 0 Å². The molecular weight excluding hydrogens is 282 g/mol. The van der Waals surface area contributed by atoms with Crippen LogP contribution in [0.3, 0.4) is 0 Å². The summed E-state index contributed by atoms with van der Waals surface area (Å²) < 4.78 is 0. The third kappa shape index (κ3) is 5.03. The summed E-state index contributed by atoms with van der Waals surface area (Å²) in [4.78, 5) is 20.3. The summed E-state index contributed by atoms with van der Waals surface area (Å²) >= 11 is 0. The Kier molecular flexibility index (Phi) is 9.88. The molecule has 0 atom stereocenters. The van der Waals surface area contributed by atoms with Crippen molar-refractivity contribution >= 4 is 122 Å². The predicted octanol–water partition coefficient (Wildman–Crippen LogP) is -1.07. The fraction of sp³-hybridized carbons (Fsp3) is 0. The molecule has 5 heteroatoms. The molecule has 0 aromatic heterocycles. The maximum absolute atomic E-state index is 10.2. The van der Waals surface area contributed by atoms with Crippen molar-refractivity contribution in [1.82, 2.24) is 0 Å². The van der Waals surface area contributed by atoms with Crippen LogP contribution < -0.4 is 10.4 Å². The van der Waals surface area contributed by atoms with Crippen LogP contribution in [0.4, 0.5) is 0 Å². The predicted molar refractivity (Wildman–Crippen MR) is 76.6 cm³/mol. The van der Waals surface area contributed by atoms with Gasteiger partial charge in [0.15, 0.2) is 0 Å². The molecule has 0 aliphatic carbocycles. The molecule has 0 saturated carbocycles. The zero-order chi connectivity index (χ0) is 10.7. The molecule has 2 aromatic rings. The molecule has 0 fully saturated rings. The monoisotopic (exact) mass is 296 g/mol. The number of hydrogen-bond acceptors (Lipinski definition) is 2. The van der Waals surface area contributed by atoms with Gasteiger partial charge in [-0.15, -0.1) is 0 Å². The summed E-state index contributed by atoms with van der Waals surface area (Å²) in [5.74, 6) is 0. The molecule has 0 amide bonds. The first-order valence-corrected chi connectivity index (χ1v) is 6.66. The van der Waals surface area contributed by atoms with E-state index >= 15 is 0 Å². The van der Waals surface area contributed by atoms with E-state index in [2.05, 4.69) is 0 Å². The van der Waals surface area contributed by atoms with Crippen molar-refractivity contribution < 1.29 is 9.59 Å². The van der Waals surface area contributed by atoms with Gasteiger partial charge in [0, 0.05) is 0 Å². The van der Waals surface area contributed by atoms with E-state index in [1.807, 2.05) is 36.4 Å². The van der Waals surface area contributed by atoms with Crippen molar-refractivity contribution in [2.45, 2.75) is 0 Å². The molecule has 2 N–H and O–H groups in total. The van der Waals surface area contributed by atoms with Crippen molar-refractivity contribution in [2.24, 2.45) is 0 Å². The zero-order valence-electron chi connectivity index (χ0n) is 8.17. The number of benzene rings is 2. The third-order valence-electron chi connectivity index (χ3n) is 2.35. The number of hydrogen-bond donors (Lipinski definition) is 2. The van der Waals surface area contributed by atoms with Crippen LogP contribution in [0.1, 0.15) is 0 Å². The summed E-state index contributed by atoms with van der Waals surface area (Å²) in [6.45, 7) is 0. The molecule has 0 bridgehead atoms. The van der Waals surface area contributed by atoms with Crippen LogP contribution in [-0.4, -0.2) is 121 Å². The second-order valence-corrected chi connectivity index (χ2v) is 5.90. The van der Waals surface area contributed by atoms with Crippen LogP contribution in [0.5, 0.6) is 0 Å². The van der Waals surface area contributed by atoms with Crippen LogP contribution >= 0.6 is 0 Å². The van der Waals surface area contributed by atoms with Gasteiger partial charge in [-0.3, -0.25) is 0 Å². The van der Waals surface area contributed by atoms with E-state index in [0.29, 0.717) is 10.4 Å². The Labute approximate surface area is 188 Å². The average molecular weight is 297 g/mol. The van der Waals surface area contributed by atoms with E-state index < -0.39 is 8.56 Å². The van der Waals surface area contributed by atoms with Gasteiger partial charge in [0.1, 0.15) is 0 Å². The molecule has 2 nitrogen and oxygen atoms in total. The fourth-order valence-electron chi connectivity index (χ4n) is 1.51. The Morgan fingerprint density at radius 1 is 0.588 bits per heavy atom. The zero-order valence-corrected chi connectivity index (χ0v) is 9.17. The fourth-order valence-corrected chi connectivity index (χ4v) is 3.16. The van der Waals surface area contributed by atoms with Gasteiger partial charge in [0.25, 0.3) is 0 Å². The number of rotatable bonds is 2. The molecular formula is C12H14K2O2Si. The normalized spacial score (nSPS) is 10.0. The molecule has 17 heavy (non-hydrogen) atoms. The minimum absolute atomic E-state index is 0. The van der Waals surface area contributed by atoms with Crippen molar-refractivity contribution in [3.05, 3.63) is 60.7 Å². The van der Waals surface area contributed by atoms with E-state index in [1.54, 1.807) is 24.3 Å². The molecule has 0 saturated heterocycles. The summed E-state index contributed by atoms with van der Waals surface area (Å²) in [5, 5.41) is 1.22. The van der Waals surface area contributed by atoms with Gasteiger partial charge in [-0.25, -0.2) is 0 Å². The summed E-state index contributed by atoms with van der Waals surface area (Å²) in [5.41, 5.74) is 0. The first-order chi connectivity index (χ1) is 7.21. The van der Waals surface area contributed by atoms with Crippen LogP contribution in [0.15, 0.2) is 60.7 Å². The summed E-state index contributed by atoms with van der Waals surface area (Å²) in [6, 6.07) is 18.0. The second kappa shape index (κ2) is 8.91. The van der Waals surface area contributed by atoms with Gasteiger partial charge in [-0.05, 0) is 10.4 Å². The Morgan fingerprint density at radius 2 is 0.882 bits per heavy atom. The van der Waals surface area contributed by atoms with E-state index in [-0.39, 0.29) is 103 Å². The molecule has 0 heterocycles. The SMILES string of the molecule is O[Si](O)(c1ccccc1)c1ccccc1.[KH].[KH]. The van der Waals surface area contributed by atoms with Gasteiger partial charge in [0.05, 0.1) is 0 Å². The molecule has 0 radical (unpaired) electrons. The van der Waals surface area contributed by atoms with E-state index in [9.17, 15) is 9.59 Å². The van der Waals surface area contributed by atoms with Gasteiger partial charge in [0.2, 0.25) is 0 Å². The molecule has 2 rings (SSSR count). The Bertz CT molecular complexity index is 393. The molecule has 0 unspecified atom stereocenters. The summed E-state index contributed by atoms with van der Waals surface area (Å²) in [7, 11) is -3.46. The third-order valence-corrected chi connectivity index (χ3v) is 4.63. The molecule has 80 valence electrons. The minimum atomic E-state index is -3.46. The Morgan fingerprint density at radius 3 is 1.18 bits per heavy atom. The standard InChI is InChI=1S/C12H12O2Si.2K.2H/c13-15(14,11-7-3-1-4-8-11)12-9-5-2-6-10-12;;;;/h1-10,13-14H;;;;. The van der Waals surface area contributed by atoms with Crippen molar-refractivity contribution in [3.8, 4) is 0 Å². The second-order valence-electron chi connectivity index (χ2n) is 3.40. The van der Waals surface area contributed by atoms with E-state index in [4.69, 9.17) is 0 Å². The van der Waals surface area contributed by atoms with Gasteiger partial charge < -0.3 is 9.59 Å². The molecule has 0 spiro atoms. The molecule has 2 aromatic carbocycles.